The predicted octanol–water partition coefficient (Wildman–Crippen LogP) is 3.40. The van der Waals surface area contributed by atoms with Crippen molar-refractivity contribution >= 4 is 5.91 Å². The molecule has 1 rings (SSSR count). The molecule has 1 aromatic rings. The summed E-state index contributed by atoms with van der Waals surface area (Å²) in [5.41, 5.74) is 2.05. The van der Waals surface area contributed by atoms with Gasteiger partial charge in [0.25, 0.3) is 5.91 Å². The number of carbonyl (C=O) groups excluding carboxylic acids is 1. The molecule has 0 saturated heterocycles. The van der Waals surface area contributed by atoms with Crippen LogP contribution in [0.15, 0.2) is 24.3 Å². The van der Waals surface area contributed by atoms with Crippen LogP contribution >= 0.6 is 0 Å². The summed E-state index contributed by atoms with van der Waals surface area (Å²) in [7, 11) is 1.88. The van der Waals surface area contributed by atoms with Gasteiger partial charge in [-0.25, -0.2) is 0 Å². The van der Waals surface area contributed by atoms with Crippen molar-refractivity contribution in [2.45, 2.75) is 40.2 Å². The maximum absolute atomic E-state index is 12.2. The van der Waals surface area contributed by atoms with Crippen molar-refractivity contribution in [3.05, 3.63) is 35.4 Å². The van der Waals surface area contributed by atoms with Gasteiger partial charge in [0.05, 0.1) is 0 Å². The third-order valence-electron chi connectivity index (χ3n) is 3.70. The molecule has 0 N–H and O–H groups in total. The van der Waals surface area contributed by atoms with Gasteiger partial charge in [-0.15, -0.1) is 0 Å². The highest BCUT2D eigenvalue weighted by molar-refractivity contribution is 5.94. The summed E-state index contributed by atoms with van der Waals surface area (Å²) in [6, 6.07) is 8.03. The second-order valence-electron chi connectivity index (χ2n) is 5.24. The number of amides is 1. The van der Waals surface area contributed by atoms with Crippen LogP contribution in [0.3, 0.4) is 0 Å². The SMILES string of the molecule is CCCCN(C)C(=O)c1ccc(CN(CC)CC)cc1. The molecule has 3 nitrogen and oxygen atoms in total. The molecule has 20 heavy (non-hydrogen) atoms. The highest BCUT2D eigenvalue weighted by Crippen LogP contribution is 2.10. The molecule has 112 valence electrons. The molecule has 0 aliphatic carbocycles. The monoisotopic (exact) mass is 276 g/mol. The summed E-state index contributed by atoms with van der Waals surface area (Å²) in [5.74, 6) is 0.118. The molecule has 0 aliphatic heterocycles. The zero-order valence-corrected chi connectivity index (χ0v) is 13.4. The largest absolute Gasteiger partial charge is 0.342 e. The van der Waals surface area contributed by atoms with Crippen molar-refractivity contribution in [2.75, 3.05) is 26.7 Å². The van der Waals surface area contributed by atoms with Gasteiger partial charge in [-0.3, -0.25) is 9.69 Å². The van der Waals surface area contributed by atoms with Crippen molar-refractivity contribution in [2.24, 2.45) is 0 Å². The Kier molecular flexibility index (Phi) is 7.31. The van der Waals surface area contributed by atoms with Crippen LogP contribution < -0.4 is 0 Å². The standard InChI is InChI=1S/C17H28N2O/c1-5-8-13-18(4)17(20)16-11-9-15(10-12-16)14-19(6-2)7-3/h9-12H,5-8,13-14H2,1-4H3. The Morgan fingerprint density at radius 1 is 1.05 bits per heavy atom. The number of nitrogens with zero attached hydrogens (tertiary/aromatic N) is 2. The third-order valence-corrected chi connectivity index (χ3v) is 3.70. The zero-order valence-electron chi connectivity index (χ0n) is 13.4. The summed E-state index contributed by atoms with van der Waals surface area (Å²) < 4.78 is 0. The molecule has 0 unspecified atom stereocenters. The Balaban J connectivity index is 2.63. The van der Waals surface area contributed by atoms with Gasteiger partial charge in [0.1, 0.15) is 0 Å². The van der Waals surface area contributed by atoms with E-state index in [-0.39, 0.29) is 5.91 Å². The molecule has 1 aromatic carbocycles. The lowest BCUT2D eigenvalue weighted by Gasteiger charge is -2.19. The van der Waals surface area contributed by atoms with E-state index in [0.29, 0.717) is 0 Å². The summed E-state index contributed by atoms with van der Waals surface area (Å²) in [6.45, 7) is 10.4. The first kappa shape index (κ1) is 16.7. The highest BCUT2D eigenvalue weighted by atomic mass is 16.2. The second-order valence-corrected chi connectivity index (χ2v) is 5.24. The topological polar surface area (TPSA) is 23.6 Å². The molecule has 0 aliphatic rings. The van der Waals surface area contributed by atoms with Crippen LogP contribution in [0, 0.1) is 0 Å². The maximum atomic E-state index is 12.2. The lowest BCUT2D eigenvalue weighted by atomic mass is 10.1. The van der Waals surface area contributed by atoms with Crippen molar-refractivity contribution in [3.8, 4) is 0 Å². The number of hydrogen-bond donors (Lipinski definition) is 0. The van der Waals surface area contributed by atoms with E-state index in [1.807, 2.05) is 24.1 Å². The average Bonchev–Trinajstić information content (AvgIpc) is 2.50. The normalized spacial score (nSPS) is 10.8. The number of carbonyl (C=O) groups is 1. The number of benzene rings is 1. The average molecular weight is 276 g/mol. The highest BCUT2D eigenvalue weighted by Gasteiger charge is 2.11. The number of hydrogen-bond acceptors (Lipinski definition) is 2. The Labute approximate surface area is 123 Å². The van der Waals surface area contributed by atoms with Crippen LogP contribution in [0.5, 0.6) is 0 Å². The first-order valence-corrected chi connectivity index (χ1v) is 7.69. The summed E-state index contributed by atoms with van der Waals surface area (Å²) in [4.78, 5) is 16.4. The van der Waals surface area contributed by atoms with E-state index in [1.165, 1.54) is 5.56 Å². The minimum absolute atomic E-state index is 0.118. The number of rotatable bonds is 8. The van der Waals surface area contributed by atoms with Gasteiger partial charge in [-0.1, -0.05) is 39.3 Å². The predicted molar refractivity (Wildman–Crippen MR) is 84.9 cm³/mol. The maximum Gasteiger partial charge on any atom is 0.253 e. The third kappa shape index (κ3) is 4.97. The Morgan fingerprint density at radius 2 is 1.65 bits per heavy atom. The summed E-state index contributed by atoms with van der Waals surface area (Å²) in [6.07, 6.45) is 2.17. The second kappa shape index (κ2) is 8.75. The van der Waals surface area contributed by atoms with Gasteiger partial charge < -0.3 is 4.90 Å². The molecule has 3 heteroatoms. The molecule has 0 spiro atoms. The minimum atomic E-state index is 0.118. The fraction of sp³-hybridized carbons (Fsp3) is 0.588. The van der Waals surface area contributed by atoms with E-state index < -0.39 is 0 Å². The van der Waals surface area contributed by atoms with Crippen molar-refractivity contribution in [1.29, 1.82) is 0 Å². The van der Waals surface area contributed by atoms with Gasteiger partial charge in [0, 0.05) is 25.7 Å². The molecule has 0 atom stereocenters. The molecule has 0 radical (unpaired) electrons. The van der Waals surface area contributed by atoms with Crippen LogP contribution in [0.2, 0.25) is 0 Å². The fourth-order valence-corrected chi connectivity index (χ4v) is 2.18. The number of unbranched alkanes of at least 4 members (excludes halogenated alkanes) is 1. The molecule has 1 amide bonds. The van der Waals surface area contributed by atoms with Gasteiger partial charge in [-0.2, -0.15) is 0 Å². The molecule has 0 fully saturated rings. The molecule has 0 bridgehead atoms. The fourth-order valence-electron chi connectivity index (χ4n) is 2.18. The Morgan fingerprint density at radius 3 is 2.15 bits per heavy atom. The molecule has 0 aromatic heterocycles. The van der Waals surface area contributed by atoms with Gasteiger partial charge in [0.15, 0.2) is 0 Å². The van der Waals surface area contributed by atoms with Crippen LogP contribution in [0.25, 0.3) is 0 Å². The van der Waals surface area contributed by atoms with Crippen molar-refractivity contribution in [3.63, 3.8) is 0 Å². The molecular weight excluding hydrogens is 248 g/mol. The van der Waals surface area contributed by atoms with E-state index >= 15 is 0 Å². The molecule has 0 saturated carbocycles. The summed E-state index contributed by atoms with van der Waals surface area (Å²) >= 11 is 0. The quantitative estimate of drug-likeness (QED) is 0.726. The van der Waals surface area contributed by atoms with E-state index in [0.717, 1.165) is 44.6 Å². The van der Waals surface area contributed by atoms with E-state index in [4.69, 9.17) is 0 Å². The lowest BCUT2D eigenvalue weighted by Crippen LogP contribution is -2.27. The zero-order chi connectivity index (χ0) is 15.0. The lowest BCUT2D eigenvalue weighted by molar-refractivity contribution is 0.0793. The van der Waals surface area contributed by atoms with Gasteiger partial charge >= 0.3 is 0 Å². The van der Waals surface area contributed by atoms with Crippen LogP contribution in [0.4, 0.5) is 0 Å². The van der Waals surface area contributed by atoms with E-state index in [9.17, 15) is 4.79 Å². The Bertz CT molecular complexity index is 396. The Hall–Kier alpha value is -1.35. The smallest absolute Gasteiger partial charge is 0.253 e. The van der Waals surface area contributed by atoms with E-state index in [2.05, 4.69) is 37.8 Å². The molecular formula is C17H28N2O. The van der Waals surface area contributed by atoms with Crippen LogP contribution in [-0.2, 0) is 6.54 Å². The van der Waals surface area contributed by atoms with E-state index in [1.54, 1.807) is 0 Å². The van der Waals surface area contributed by atoms with Gasteiger partial charge in [0.2, 0.25) is 0 Å². The van der Waals surface area contributed by atoms with Crippen molar-refractivity contribution in [1.82, 2.24) is 9.80 Å². The first-order valence-electron chi connectivity index (χ1n) is 7.69. The van der Waals surface area contributed by atoms with Crippen molar-refractivity contribution < 1.29 is 4.79 Å². The minimum Gasteiger partial charge on any atom is -0.342 e. The van der Waals surface area contributed by atoms with Gasteiger partial charge in [-0.05, 0) is 37.2 Å². The summed E-state index contributed by atoms with van der Waals surface area (Å²) in [5, 5.41) is 0. The van der Waals surface area contributed by atoms with Crippen LogP contribution in [-0.4, -0.2) is 42.4 Å². The first-order chi connectivity index (χ1) is 9.62. The molecule has 0 heterocycles. The van der Waals surface area contributed by atoms with Crippen LogP contribution in [0.1, 0.15) is 49.5 Å².